The van der Waals surface area contributed by atoms with Crippen molar-refractivity contribution < 1.29 is 9.84 Å². The van der Waals surface area contributed by atoms with Crippen molar-refractivity contribution in [1.82, 2.24) is 10.2 Å². The van der Waals surface area contributed by atoms with E-state index in [1.165, 1.54) is 0 Å². The highest BCUT2D eigenvalue weighted by Gasteiger charge is 2.20. The van der Waals surface area contributed by atoms with Crippen molar-refractivity contribution in [2.24, 2.45) is 11.5 Å². The number of aliphatic hydroxyl groups is 1. The molecule has 0 unspecified atom stereocenters. The first-order chi connectivity index (χ1) is 10.6. The molecule has 0 aliphatic carbocycles. The van der Waals surface area contributed by atoms with Gasteiger partial charge in [0, 0.05) is 38.4 Å². The maximum Gasteiger partial charge on any atom is 0.0638 e. The summed E-state index contributed by atoms with van der Waals surface area (Å²) in [7, 11) is 0. The van der Waals surface area contributed by atoms with Crippen LogP contribution >= 0.6 is 0 Å². The molecular weight excluding hydrogens is 292 g/mol. The van der Waals surface area contributed by atoms with E-state index in [4.69, 9.17) is 16.2 Å². The lowest BCUT2D eigenvalue weighted by Crippen LogP contribution is -2.39. The Hall–Kier alpha value is -0.660. The molecule has 0 bridgehead atoms. The Labute approximate surface area is 142 Å². The van der Waals surface area contributed by atoms with Gasteiger partial charge >= 0.3 is 0 Å². The van der Waals surface area contributed by atoms with Crippen molar-refractivity contribution in [3.63, 3.8) is 0 Å². The van der Waals surface area contributed by atoms with Gasteiger partial charge < -0.3 is 26.6 Å². The number of hydrogen-bond donors (Lipinski definition) is 4. The zero-order valence-electron chi connectivity index (χ0n) is 15.5. The van der Waals surface area contributed by atoms with Crippen molar-refractivity contribution in [2.45, 2.75) is 51.7 Å². The van der Waals surface area contributed by atoms with Gasteiger partial charge in [-0.3, -0.25) is 4.90 Å². The molecule has 0 amide bonds. The van der Waals surface area contributed by atoms with Crippen LogP contribution in [0.4, 0.5) is 0 Å². The molecular formula is C17H38N4O2. The lowest BCUT2D eigenvalue weighted by atomic mass is 10.0. The first-order valence-corrected chi connectivity index (χ1v) is 8.48. The second-order valence-corrected chi connectivity index (χ2v) is 7.39. The van der Waals surface area contributed by atoms with Crippen molar-refractivity contribution in [2.75, 3.05) is 45.9 Å². The predicted octanol–water partition coefficient (Wildman–Crippen LogP) is 0.655. The van der Waals surface area contributed by atoms with E-state index < -0.39 is 5.60 Å². The van der Waals surface area contributed by atoms with Crippen LogP contribution in [0.2, 0.25) is 0 Å². The van der Waals surface area contributed by atoms with Gasteiger partial charge in [-0.25, -0.2) is 0 Å². The number of nitrogens with zero attached hydrogens (tertiary/aromatic N) is 1. The van der Waals surface area contributed by atoms with Crippen LogP contribution in [0.15, 0.2) is 12.3 Å². The largest absolute Gasteiger partial charge is 0.401 e. The summed E-state index contributed by atoms with van der Waals surface area (Å²) in [4.78, 5) is 2.19. The van der Waals surface area contributed by atoms with Gasteiger partial charge in [0.2, 0.25) is 0 Å². The summed E-state index contributed by atoms with van der Waals surface area (Å²) in [5, 5.41) is 13.1. The molecule has 23 heavy (non-hydrogen) atoms. The fourth-order valence-electron chi connectivity index (χ4n) is 2.14. The second-order valence-electron chi connectivity index (χ2n) is 7.39. The van der Waals surface area contributed by atoms with Gasteiger partial charge in [0.15, 0.2) is 0 Å². The summed E-state index contributed by atoms with van der Waals surface area (Å²) in [5.74, 6) is 0. The van der Waals surface area contributed by atoms with Gasteiger partial charge in [0.25, 0.3) is 0 Å². The van der Waals surface area contributed by atoms with Crippen molar-refractivity contribution >= 4 is 0 Å². The van der Waals surface area contributed by atoms with Gasteiger partial charge in [-0.15, -0.1) is 0 Å². The molecule has 138 valence electrons. The van der Waals surface area contributed by atoms with Gasteiger partial charge in [-0.05, 0) is 47.1 Å². The normalized spacial score (nSPS) is 12.8. The molecule has 0 fully saturated rings. The predicted molar refractivity (Wildman–Crippen MR) is 97.3 cm³/mol. The minimum atomic E-state index is -0.673. The molecule has 0 atom stereocenters. The molecule has 6 nitrogen and oxygen atoms in total. The minimum Gasteiger partial charge on any atom is -0.401 e. The van der Waals surface area contributed by atoms with E-state index in [0.29, 0.717) is 31.8 Å². The average Bonchev–Trinajstić information content (AvgIpc) is 2.35. The first-order valence-electron chi connectivity index (χ1n) is 8.48. The van der Waals surface area contributed by atoms with E-state index in [2.05, 4.69) is 30.6 Å². The molecule has 0 aliphatic heterocycles. The quantitative estimate of drug-likeness (QED) is 0.349. The van der Waals surface area contributed by atoms with E-state index in [-0.39, 0.29) is 5.60 Å². The highest BCUT2D eigenvalue weighted by molar-refractivity contribution is 4.90. The van der Waals surface area contributed by atoms with Crippen LogP contribution in [-0.2, 0) is 4.74 Å². The summed E-state index contributed by atoms with van der Waals surface area (Å²) < 4.78 is 5.87. The zero-order valence-corrected chi connectivity index (χ0v) is 15.5. The molecule has 0 radical (unpaired) electrons. The van der Waals surface area contributed by atoms with Crippen LogP contribution in [0.5, 0.6) is 0 Å². The maximum atomic E-state index is 9.70. The zero-order chi connectivity index (χ0) is 17.9. The number of ether oxygens (including phenoxy) is 1. The van der Waals surface area contributed by atoms with Crippen LogP contribution in [0.1, 0.15) is 40.5 Å². The standard InChI is InChI=1S/C17H38N4O2/c1-15(19)14-21(11-8-18)12-10-20-9-6-17(4,5)23-13-7-16(2,3)22/h20,22H,1,6-14,18-19H2,2-5H3. The Balaban J connectivity index is 3.84. The molecule has 0 rings (SSSR count). The van der Waals surface area contributed by atoms with Crippen LogP contribution in [0, 0.1) is 0 Å². The third kappa shape index (κ3) is 14.7. The number of rotatable bonds is 14. The molecule has 0 aromatic heterocycles. The SMILES string of the molecule is C=C(N)CN(CCN)CCNCCC(C)(C)OCCC(C)(C)O. The Kier molecular flexibility index (Phi) is 10.7. The summed E-state index contributed by atoms with van der Waals surface area (Å²) in [6.07, 6.45) is 1.56. The maximum absolute atomic E-state index is 9.70. The molecule has 0 saturated carbocycles. The molecule has 0 heterocycles. The van der Waals surface area contributed by atoms with Gasteiger partial charge in [0.1, 0.15) is 0 Å². The van der Waals surface area contributed by atoms with E-state index >= 15 is 0 Å². The second kappa shape index (κ2) is 11.0. The summed E-state index contributed by atoms with van der Waals surface area (Å²) >= 11 is 0. The highest BCUT2D eigenvalue weighted by atomic mass is 16.5. The fourth-order valence-corrected chi connectivity index (χ4v) is 2.14. The first kappa shape index (κ1) is 22.3. The van der Waals surface area contributed by atoms with E-state index in [0.717, 1.165) is 32.6 Å². The summed E-state index contributed by atoms with van der Waals surface area (Å²) in [5.41, 5.74) is 11.1. The Morgan fingerprint density at radius 1 is 1.17 bits per heavy atom. The van der Waals surface area contributed by atoms with E-state index in [9.17, 15) is 5.11 Å². The lowest BCUT2D eigenvalue weighted by molar-refractivity contribution is -0.0494. The Morgan fingerprint density at radius 2 is 1.83 bits per heavy atom. The van der Waals surface area contributed by atoms with Crippen molar-refractivity contribution in [3.8, 4) is 0 Å². The monoisotopic (exact) mass is 330 g/mol. The molecule has 0 aliphatic rings. The number of nitrogens with one attached hydrogen (secondary N) is 1. The smallest absolute Gasteiger partial charge is 0.0638 e. The number of hydrogen-bond acceptors (Lipinski definition) is 6. The number of nitrogens with two attached hydrogens (primary N) is 2. The molecule has 0 aromatic rings. The van der Waals surface area contributed by atoms with Crippen LogP contribution in [-0.4, -0.2) is 67.1 Å². The summed E-state index contributed by atoms with van der Waals surface area (Å²) in [6, 6.07) is 0. The van der Waals surface area contributed by atoms with Gasteiger partial charge in [-0.1, -0.05) is 6.58 Å². The lowest BCUT2D eigenvalue weighted by Gasteiger charge is -2.28. The van der Waals surface area contributed by atoms with Gasteiger partial charge in [0.05, 0.1) is 17.8 Å². The highest BCUT2D eigenvalue weighted by Crippen LogP contribution is 2.16. The molecule has 6 heteroatoms. The third-order valence-electron chi connectivity index (χ3n) is 3.59. The minimum absolute atomic E-state index is 0.194. The van der Waals surface area contributed by atoms with Crippen molar-refractivity contribution in [1.29, 1.82) is 0 Å². The summed E-state index contributed by atoms with van der Waals surface area (Å²) in [6.45, 7) is 16.9. The molecule has 6 N–H and O–H groups in total. The average molecular weight is 331 g/mol. The van der Waals surface area contributed by atoms with Crippen LogP contribution in [0.25, 0.3) is 0 Å². The third-order valence-corrected chi connectivity index (χ3v) is 3.59. The van der Waals surface area contributed by atoms with E-state index in [1.54, 1.807) is 13.8 Å². The molecule has 0 saturated heterocycles. The molecule has 0 aromatic carbocycles. The fraction of sp³-hybridized carbons (Fsp3) is 0.882. The topological polar surface area (TPSA) is 96.8 Å². The Bertz CT molecular complexity index is 327. The van der Waals surface area contributed by atoms with E-state index in [1.807, 2.05) is 0 Å². The molecule has 0 spiro atoms. The Morgan fingerprint density at radius 3 is 2.35 bits per heavy atom. The van der Waals surface area contributed by atoms with Crippen LogP contribution in [0.3, 0.4) is 0 Å². The van der Waals surface area contributed by atoms with Crippen LogP contribution < -0.4 is 16.8 Å². The van der Waals surface area contributed by atoms with Gasteiger partial charge in [-0.2, -0.15) is 0 Å². The van der Waals surface area contributed by atoms with Crippen molar-refractivity contribution in [3.05, 3.63) is 12.3 Å².